The monoisotopic (exact) mass is 283 g/mol. The van der Waals surface area contributed by atoms with Crippen molar-refractivity contribution >= 4 is 11.9 Å². The number of nitrogens with two attached hydrogens (primary N) is 1. The highest BCUT2D eigenvalue weighted by Gasteiger charge is 2.24. The second-order valence-electron chi connectivity index (χ2n) is 6.62. The van der Waals surface area contributed by atoms with Crippen molar-refractivity contribution in [1.82, 2.24) is 15.5 Å². The molecule has 1 saturated heterocycles. The maximum atomic E-state index is 11.8. The molecule has 116 valence electrons. The lowest BCUT2D eigenvalue weighted by atomic mass is 10.1. The molecule has 1 rings (SSSR count). The molecule has 1 fully saturated rings. The van der Waals surface area contributed by atoms with Crippen LogP contribution in [0.2, 0.25) is 0 Å². The highest BCUT2D eigenvalue weighted by molar-refractivity contribution is 5.76. The fourth-order valence-corrected chi connectivity index (χ4v) is 2.37. The second-order valence-corrected chi connectivity index (χ2v) is 6.62. The highest BCUT2D eigenvalue weighted by Crippen LogP contribution is 2.11. The van der Waals surface area contributed by atoms with E-state index in [9.17, 15) is 4.79 Å². The van der Waals surface area contributed by atoms with Gasteiger partial charge in [0, 0.05) is 31.1 Å². The number of carbonyl (C=O) groups is 1. The van der Waals surface area contributed by atoms with Crippen LogP contribution in [0.15, 0.2) is 0 Å². The van der Waals surface area contributed by atoms with Gasteiger partial charge >= 0.3 is 6.03 Å². The van der Waals surface area contributed by atoms with Crippen molar-refractivity contribution in [3.8, 4) is 0 Å². The number of nitrogens with zero attached hydrogens (tertiary/aromatic N) is 1. The summed E-state index contributed by atoms with van der Waals surface area (Å²) in [7, 11) is 0. The van der Waals surface area contributed by atoms with Crippen LogP contribution < -0.4 is 16.4 Å². The zero-order chi connectivity index (χ0) is 15.2. The third kappa shape index (κ3) is 7.33. The number of hydrogen-bond acceptors (Lipinski definition) is 3. The molecule has 0 radical (unpaired) electrons. The van der Waals surface area contributed by atoms with E-state index in [4.69, 9.17) is 11.1 Å². The Labute approximate surface area is 122 Å². The van der Waals surface area contributed by atoms with E-state index >= 15 is 0 Å². The van der Waals surface area contributed by atoms with Crippen molar-refractivity contribution < 1.29 is 4.79 Å². The maximum Gasteiger partial charge on any atom is 0.315 e. The number of amides is 2. The third-order valence-electron chi connectivity index (χ3n) is 3.27. The van der Waals surface area contributed by atoms with E-state index in [1.807, 2.05) is 20.8 Å². The Morgan fingerprint density at radius 3 is 2.70 bits per heavy atom. The number of carbonyl (C=O) groups excluding carboxylic acids is 1. The first-order valence-electron chi connectivity index (χ1n) is 7.40. The van der Waals surface area contributed by atoms with E-state index in [0.717, 1.165) is 38.9 Å². The van der Waals surface area contributed by atoms with Crippen LogP contribution in [-0.2, 0) is 0 Å². The van der Waals surface area contributed by atoms with Crippen LogP contribution in [0.25, 0.3) is 0 Å². The van der Waals surface area contributed by atoms with Crippen LogP contribution >= 0.6 is 0 Å². The van der Waals surface area contributed by atoms with Gasteiger partial charge in [-0.25, -0.2) is 4.79 Å². The molecule has 20 heavy (non-hydrogen) atoms. The summed E-state index contributed by atoms with van der Waals surface area (Å²) >= 11 is 0. The summed E-state index contributed by atoms with van der Waals surface area (Å²) in [6.45, 7) is 8.89. The highest BCUT2D eigenvalue weighted by atomic mass is 16.2. The van der Waals surface area contributed by atoms with Gasteiger partial charge in [-0.05, 0) is 46.6 Å². The second kappa shape index (κ2) is 7.47. The minimum atomic E-state index is -0.199. The molecule has 1 heterocycles. The molecule has 6 nitrogen and oxygen atoms in total. The lowest BCUT2D eigenvalue weighted by Crippen LogP contribution is -2.50. The van der Waals surface area contributed by atoms with Crippen LogP contribution in [0.5, 0.6) is 0 Å². The molecular weight excluding hydrogens is 254 g/mol. The van der Waals surface area contributed by atoms with Gasteiger partial charge in [0.25, 0.3) is 0 Å². The SMILES string of the molecule is CC(C)(C)NC(=O)N[C@@H]1CCN(CCCCC(=N)N)C1. The number of hydrogen-bond donors (Lipinski definition) is 4. The Bertz CT molecular complexity index is 337. The molecule has 1 aliphatic rings. The number of amidine groups is 1. The summed E-state index contributed by atoms with van der Waals surface area (Å²) in [6.07, 6.45) is 3.71. The van der Waals surface area contributed by atoms with E-state index in [1.165, 1.54) is 0 Å². The first kappa shape index (κ1) is 16.8. The number of rotatable bonds is 6. The average molecular weight is 283 g/mol. The molecule has 0 aromatic rings. The van der Waals surface area contributed by atoms with Crippen LogP contribution in [0, 0.1) is 5.41 Å². The number of nitrogens with one attached hydrogen (secondary N) is 3. The lowest BCUT2D eigenvalue weighted by Gasteiger charge is -2.23. The van der Waals surface area contributed by atoms with E-state index in [2.05, 4.69) is 15.5 Å². The normalized spacial score (nSPS) is 19.9. The summed E-state index contributed by atoms with van der Waals surface area (Å²) < 4.78 is 0. The largest absolute Gasteiger partial charge is 0.388 e. The van der Waals surface area contributed by atoms with Gasteiger partial charge in [0.1, 0.15) is 0 Å². The average Bonchev–Trinajstić information content (AvgIpc) is 2.69. The van der Waals surface area contributed by atoms with E-state index in [0.29, 0.717) is 6.42 Å². The Hall–Kier alpha value is -1.30. The Morgan fingerprint density at radius 1 is 1.40 bits per heavy atom. The first-order valence-corrected chi connectivity index (χ1v) is 7.40. The molecule has 0 unspecified atom stereocenters. The molecule has 1 aliphatic heterocycles. The standard InChI is InChI=1S/C14H29N5O/c1-14(2,3)18-13(20)17-11-7-9-19(10-11)8-5-4-6-12(15)16/h11H,4-10H2,1-3H3,(H3,15,16)(H2,17,18,20)/t11-/m1/s1. The van der Waals surface area contributed by atoms with Gasteiger partial charge in [-0.1, -0.05) is 0 Å². The number of unbranched alkanes of at least 4 members (excludes halogenated alkanes) is 1. The number of likely N-dealkylation sites (tertiary alicyclic amines) is 1. The van der Waals surface area contributed by atoms with Crippen molar-refractivity contribution in [2.45, 2.75) is 58.0 Å². The molecular formula is C14H29N5O. The van der Waals surface area contributed by atoms with Crippen LogP contribution in [0.3, 0.4) is 0 Å². The molecule has 0 spiro atoms. The van der Waals surface area contributed by atoms with Crippen LogP contribution in [0.4, 0.5) is 4.79 Å². The van der Waals surface area contributed by atoms with Crippen LogP contribution in [0.1, 0.15) is 46.5 Å². The van der Waals surface area contributed by atoms with E-state index in [-0.39, 0.29) is 23.4 Å². The molecule has 1 atom stereocenters. The predicted octanol–water partition coefficient (Wildman–Crippen LogP) is 1.26. The summed E-state index contributed by atoms with van der Waals surface area (Å²) in [4.78, 5) is 14.1. The van der Waals surface area contributed by atoms with Gasteiger partial charge in [0.2, 0.25) is 0 Å². The zero-order valence-corrected chi connectivity index (χ0v) is 13.0. The third-order valence-corrected chi connectivity index (χ3v) is 3.27. The van der Waals surface area contributed by atoms with Gasteiger partial charge < -0.3 is 21.3 Å². The fourth-order valence-electron chi connectivity index (χ4n) is 2.37. The van der Waals surface area contributed by atoms with Crippen molar-refractivity contribution in [2.75, 3.05) is 19.6 Å². The topological polar surface area (TPSA) is 94.2 Å². The Kier molecular flexibility index (Phi) is 6.26. The maximum absolute atomic E-state index is 11.8. The summed E-state index contributed by atoms with van der Waals surface area (Å²) in [6, 6.07) is 0.158. The molecule has 6 heteroatoms. The minimum absolute atomic E-state index is 0.0825. The molecule has 5 N–H and O–H groups in total. The van der Waals surface area contributed by atoms with E-state index < -0.39 is 0 Å². The molecule has 0 bridgehead atoms. The lowest BCUT2D eigenvalue weighted by molar-refractivity contribution is 0.227. The van der Waals surface area contributed by atoms with Gasteiger partial charge in [-0.3, -0.25) is 5.41 Å². The molecule has 0 aromatic heterocycles. The van der Waals surface area contributed by atoms with Crippen molar-refractivity contribution in [2.24, 2.45) is 5.73 Å². The first-order chi connectivity index (χ1) is 9.26. The van der Waals surface area contributed by atoms with E-state index in [1.54, 1.807) is 0 Å². The van der Waals surface area contributed by atoms with Crippen molar-refractivity contribution in [3.05, 3.63) is 0 Å². The predicted molar refractivity (Wildman–Crippen MR) is 82.0 cm³/mol. The van der Waals surface area contributed by atoms with Gasteiger partial charge in [0.15, 0.2) is 0 Å². The van der Waals surface area contributed by atoms with Crippen LogP contribution in [-0.4, -0.2) is 48.0 Å². The molecule has 2 amide bonds. The van der Waals surface area contributed by atoms with Gasteiger partial charge in [-0.15, -0.1) is 0 Å². The number of urea groups is 1. The van der Waals surface area contributed by atoms with Gasteiger partial charge in [-0.2, -0.15) is 0 Å². The van der Waals surface area contributed by atoms with Crippen molar-refractivity contribution in [1.29, 1.82) is 5.41 Å². The molecule has 0 aliphatic carbocycles. The quantitative estimate of drug-likeness (QED) is 0.336. The van der Waals surface area contributed by atoms with Crippen molar-refractivity contribution in [3.63, 3.8) is 0 Å². The zero-order valence-electron chi connectivity index (χ0n) is 13.0. The smallest absolute Gasteiger partial charge is 0.315 e. The Balaban J connectivity index is 2.16. The Morgan fingerprint density at radius 2 is 2.10 bits per heavy atom. The minimum Gasteiger partial charge on any atom is -0.388 e. The fraction of sp³-hybridized carbons (Fsp3) is 0.857. The van der Waals surface area contributed by atoms with Gasteiger partial charge in [0.05, 0.1) is 5.84 Å². The molecule has 0 saturated carbocycles. The summed E-state index contributed by atoms with van der Waals surface area (Å²) in [5, 5.41) is 13.1. The summed E-state index contributed by atoms with van der Waals surface area (Å²) in [5.41, 5.74) is 5.13. The summed E-state index contributed by atoms with van der Waals surface area (Å²) in [5.74, 6) is 0.268. The molecule has 0 aromatic carbocycles.